The fourth-order valence-corrected chi connectivity index (χ4v) is 2.39. The van der Waals surface area contributed by atoms with Crippen LogP contribution < -0.4 is 11.0 Å². The molecule has 5 nitrogen and oxygen atoms in total. The Hall–Kier alpha value is -1.53. The quantitative estimate of drug-likeness (QED) is 0.849. The summed E-state index contributed by atoms with van der Waals surface area (Å²) in [6, 6.07) is 8.06. The van der Waals surface area contributed by atoms with E-state index in [1.807, 2.05) is 25.2 Å². The zero-order valence-electron chi connectivity index (χ0n) is 9.73. The summed E-state index contributed by atoms with van der Waals surface area (Å²) in [7, 11) is 3.61. The maximum Gasteiger partial charge on any atom is 0.343 e. The lowest BCUT2D eigenvalue weighted by Crippen LogP contribution is -2.13. The van der Waals surface area contributed by atoms with Crippen LogP contribution in [-0.2, 0) is 13.6 Å². The van der Waals surface area contributed by atoms with Crippen molar-refractivity contribution in [1.29, 1.82) is 0 Å². The molecule has 17 heavy (non-hydrogen) atoms. The molecule has 0 atom stereocenters. The second kappa shape index (κ2) is 5.20. The van der Waals surface area contributed by atoms with Gasteiger partial charge in [0.15, 0.2) is 5.16 Å². The number of rotatable bonds is 4. The van der Waals surface area contributed by atoms with Gasteiger partial charge in [0.1, 0.15) is 0 Å². The summed E-state index contributed by atoms with van der Waals surface area (Å²) in [5.41, 5.74) is 0.994. The Morgan fingerprint density at radius 2 is 2.24 bits per heavy atom. The number of nitrogens with one attached hydrogen (secondary N) is 2. The second-order valence-electron chi connectivity index (χ2n) is 3.61. The van der Waals surface area contributed by atoms with Crippen LogP contribution >= 0.6 is 11.8 Å². The van der Waals surface area contributed by atoms with E-state index in [1.165, 1.54) is 21.9 Å². The number of H-pyrrole nitrogens is 1. The van der Waals surface area contributed by atoms with Crippen molar-refractivity contribution in [1.82, 2.24) is 20.1 Å². The molecular formula is C11H14N4OS. The maximum atomic E-state index is 11.3. The molecule has 0 aliphatic carbocycles. The summed E-state index contributed by atoms with van der Waals surface area (Å²) >= 11 is 1.48. The molecule has 6 heteroatoms. The van der Waals surface area contributed by atoms with Crippen molar-refractivity contribution in [2.24, 2.45) is 7.05 Å². The Kier molecular flexibility index (Phi) is 3.65. The minimum absolute atomic E-state index is 0.196. The van der Waals surface area contributed by atoms with Gasteiger partial charge >= 0.3 is 5.69 Å². The molecule has 0 radical (unpaired) electrons. The summed E-state index contributed by atoms with van der Waals surface area (Å²) in [5.74, 6) is 0. The topological polar surface area (TPSA) is 62.7 Å². The molecule has 90 valence electrons. The molecule has 0 unspecified atom stereocenters. The van der Waals surface area contributed by atoms with E-state index in [0.29, 0.717) is 5.16 Å². The van der Waals surface area contributed by atoms with Crippen molar-refractivity contribution in [2.45, 2.75) is 16.6 Å². The van der Waals surface area contributed by atoms with Crippen molar-refractivity contribution in [2.75, 3.05) is 7.05 Å². The highest BCUT2D eigenvalue weighted by atomic mass is 32.2. The van der Waals surface area contributed by atoms with Gasteiger partial charge in [0, 0.05) is 18.5 Å². The Labute approximate surface area is 103 Å². The normalized spacial score (nSPS) is 10.7. The Bertz CT molecular complexity index is 561. The lowest BCUT2D eigenvalue weighted by molar-refractivity contribution is 0.763. The number of hydrogen-bond donors (Lipinski definition) is 2. The van der Waals surface area contributed by atoms with E-state index >= 15 is 0 Å². The lowest BCUT2D eigenvalue weighted by atomic mass is 10.2. The molecule has 0 aliphatic heterocycles. The molecule has 0 spiro atoms. The van der Waals surface area contributed by atoms with Crippen LogP contribution in [0.3, 0.4) is 0 Å². The first-order valence-corrected chi connectivity index (χ1v) is 6.05. The highest BCUT2D eigenvalue weighted by Gasteiger charge is 2.08. The summed E-state index contributed by atoms with van der Waals surface area (Å²) in [6.45, 7) is 0.793. The van der Waals surface area contributed by atoms with Gasteiger partial charge in [-0.3, -0.25) is 4.57 Å². The van der Waals surface area contributed by atoms with Crippen LogP contribution in [0.2, 0.25) is 0 Å². The predicted molar refractivity (Wildman–Crippen MR) is 67.2 cm³/mol. The number of hydrogen-bond acceptors (Lipinski definition) is 4. The van der Waals surface area contributed by atoms with Crippen molar-refractivity contribution in [3.63, 3.8) is 0 Å². The number of aromatic amines is 1. The fraction of sp³-hybridized carbons (Fsp3) is 0.273. The maximum absolute atomic E-state index is 11.3. The fourth-order valence-electron chi connectivity index (χ4n) is 1.46. The average molecular weight is 250 g/mol. The van der Waals surface area contributed by atoms with E-state index in [2.05, 4.69) is 21.6 Å². The van der Waals surface area contributed by atoms with Crippen molar-refractivity contribution < 1.29 is 0 Å². The molecule has 0 bridgehead atoms. The molecule has 2 rings (SSSR count). The molecule has 1 aromatic heterocycles. The third-order valence-corrected chi connectivity index (χ3v) is 3.55. The van der Waals surface area contributed by atoms with E-state index in [0.717, 1.165) is 11.4 Å². The van der Waals surface area contributed by atoms with Crippen LogP contribution in [0.25, 0.3) is 0 Å². The Morgan fingerprint density at radius 1 is 1.47 bits per heavy atom. The molecule has 2 aromatic rings. The van der Waals surface area contributed by atoms with Gasteiger partial charge in [-0.2, -0.15) is 0 Å². The summed E-state index contributed by atoms with van der Waals surface area (Å²) in [5, 5.41) is 10.2. The van der Waals surface area contributed by atoms with Gasteiger partial charge in [-0.05, 0) is 30.4 Å². The monoisotopic (exact) mass is 250 g/mol. The summed E-state index contributed by atoms with van der Waals surface area (Å²) in [6.07, 6.45) is 0. The zero-order chi connectivity index (χ0) is 12.3. The van der Waals surface area contributed by atoms with Gasteiger partial charge in [0.25, 0.3) is 0 Å². The number of benzene rings is 1. The standard InChI is InChI=1S/C11H14N4OS/c1-12-7-8-5-3-4-6-9(8)17-11-14-13-10(16)15(11)2/h3-6,12H,7H2,1-2H3,(H,13,16). The molecule has 0 saturated carbocycles. The first-order valence-electron chi connectivity index (χ1n) is 5.24. The van der Waals surface area contributed by atoms with E-state index in [9.17, 15) is 4.79 Å². The molecule has 0 saturated heterocycles. The molecule has 0 aliphatic rings. The van der Waals surface area contributed by atoms with E-state index in [4.69, 9.17) is 0 Å². The van der Waals surface area contributed by atoms with Crippen molar-refractivity contribution in [3.8, 4) is 0 Å². The average Bonchev–Trinajstić information content (AvgIpc) is 2.64. The van der Waals surface area contributed by atoms with Crippen LogP contribution in [0.5, 0.6) is 0 Å². The van der Waals surface area contributed by atoms with Crippen LogP contribution in [0.15, 0.2) is 39.1 Å². The minimum Gasteiger partial charge on any atom is -0.316 e. The van der Waals surface area contributed by atoms with Gasteiger partial charge in [-0.15, -0.1) is 5.10 Å². The van der Waals surface area contributed by atoms with Gasteiger partial charge in [0.05, 0.1) is 0 Å². The minimum atomic E-state index is -0.196. The molecule has 0 amide bonds. The first-order chi connectivity index (χ1) is 8.22. The predicted octanol–water partition coefficient (Wildman–Crippen LogP) is 0.979. The van der Waals surface area contributed by atoms with E-state index < -0.39 is 0 Å². The molecular weight excluding hydrogens is 236 g/mol. The third-order valence-electron chi connectivity index (χ3n) is 2.38. The van der Waals surface area contributed by atoms with Gasteiger partial charge in [-0.25, -0.2) is 9.89 Å². The van der Waals surface area contributed by atoms with Crippen LogP contribution in [0.4, 0.5) is 0 Å². The van der Waals surface area contributed by atoms with Crippen LogP contribution in [-0.4, -0.2) is 21.8 Å². The van der Waals surface area contributed by atoms with Gasteiger partial charge in [-0.1, -0.05) is 18.2 Å². The third kappa shape index (κ3) is 2.59. The SMILES string of the molecule is CNCc1ccccc1Sc1n[nH]c(=O)n1C. The van der Waals surface area contributed by atoms with Crippen LogP contribution in [0, 0.1) is 0 Å². The van der Waals surface area contributed by atoms with Crippen molar-refractivity contribution in [3.05, 3.63) is 40.3 Å². The van der Waals surface area contributed by atoms with Crippen LogP contribution in [0.1, 0.15) is 5.56 Å². The first kappa shape index (κ1) is 11.9. The largest absolute Gasteiger partial charge is 0.343 e. The second-order valence-corrected chi connectivity index (χ2v) is 4.62. The van der Waals surface area contributed by atoms with E-state index in [-0.39, 0.29) is 5.69 Å². The highest BCUT2D eigenvalue weighted by molar-refractivity contribution is 7.99. The smallest absolute Gasteiger partial charge is 0.316 e. The zero-order valence-corrected chi connectivity index (χ0v) is 10.5. The Balaban J connectivity index is 2.29. The molecule has 1 heterocycles. The molecule has 1 aromatic carbocycles. The van der Waals surface area contributed by atoms with Crippen molar-refractivity contribution >= 4 is 11.8 Å². The van der Waals surface area contributed by atoms with Gasteiger partial charge < -0.3 is 5.32 Å². The highest BCUT2D eigenvalue weighted by Crippen LogP contribution is 2.27. The summed E-state index contributed by atoms with van der Waals surface area (Å²) < 4.78 is 1.50. The molecule has 0 fully saturated rings. The van der Waals surface area contributed by atoms with E-state index in [1.54, 1.807) is 7.05 Å². The van der Waals surface area contributed by atoms with Gasteiger partial charge in [0.2, 0.25) is 0 Å². The molecule has 2 N–H and O–H groups in total. The summed E-state index contributed by atoms with van der Waals surface area (Å²) in [4.78, 5) is 12.4. The Morgan fingerprint density at radius 3 is 2.88 bits per heavy atom. The number of aromatic nitrogens is 3. The number of nitrogens with zero attached hydrogens (tertiary/aromatic N) is 2. The lowest BCUT2D eigenvalue weighted by Gasteiger charge is -2.07.